The minimum absolute atomic E-state index is 0.0109. The fourth-order valence-corrected chi connectivity index (χ4v) is 2.75. The summed E-state index contributed by atoms with van der Waals surface area (Å²) in [5.74, 6) is 0. The summed E-state index contributed by atoms with van der Waals surface area (Å²) >= 11 is 7.37. The molecule has 0 unspecified atom stereocenters. The lowest BCUT2D eigenvalue weighted by Gasteiger charge is -1.97. The van der Waals surface area contributed by atoms with Gasteiger partial charge in [-0.25, -0.2) is 4.98 Å². The van der Waals surface area contributed by atoms with Crippen molar-refractivity contribution in [1.29, 1.82) is 0 Å². The summed E-state index contributed by atoms with van der Waals surface area (Å²) in [5.41, 5.74) is 1.98. The first-order valence-electron chi connectivity index (χ1n) is 5.54. The van der Waals surface area contributed by atoms with E-state index in [-0.39, 0.29) is 6.61 Å². The zero-order valence-corrected chi connectivity index (χ0v) is 11.6. The number of aliphatic hydroxyl groups excluding tert-OH is 1. The summed E-state index contributed by atoms with van der Waals surface area (Å²) in [6.45, 7) is 0.448. The Morgan fingerprint density at radius 2 is 2.06 bits per heavy atom. The van der Waals surface area contributed by atoms with E-state index in [0.717, 1.165) is 32.6 Å². The standard InChI is InChI=1S/C13H14ClNO2S/c1-17-8-11-12(7-16)18-13(15-11)6-9-2-4-10(14)5-3-9/h2-5,16H,6-8H2,1H3. The molecular formula is C13H14ClNO2S. The van der Waals surface area contributed by atoms with Crippen LogP contribution in [0.15, 0.2) is 24.3 Å². The normalized spacial score (nSPS) is 10.8. The number of thiazole rings is 1. The van der Waals surface area contributed by atoms with Crippen LogP contribution in [-0.4, -0.2) is 17.2 Å². The number of rotatable bonds is 5. The SMILES string of the molecule is COCc1nc(Cc2ccc(Cl)cc2)sc1CO. The summed E-state index contributed by atoms with van der Waals surface area (Å²) in [6, 6.07) is 7.71. The summed E-state index contributed by atoms with van der Waals surface area (Å²) in [4.78, 5) is 5.36. The molecule has 1 aromatic carbocycles. The van der Waals surface area contributed by atoms with Crippen LogP contribution in [0, 0.1) is 0 Å². The zero-order chi connectivity index (χ0) is 13.0. The van der Waals surface area contributed by atoms with Crippen LogP contribution in [0.4, 0.5) is 0 Å². The molecule has 0 radical (unpaired) electrons. The quantitative estimate of drug-likeness (QED) is 0.917. The van der Waals surface area contributed by atoms with Crippen molar-refractivity contribution >= 4 is 22.9 Å². The van der Waals surface area contributed by atoms with Gasteiger partial charge in [0.2, 0.25) is 0 Å². The Labute approximate surface area is 115 Å². The number of hydrogen-bond donors (Lipinski definition) is 1. The van der Waals surface area contributed by atoms with Gasteiger partial charge < -0.3 is 9.84 Å². The first-order chi connectivity index (χ1) is 8.72. The maximum atomic E-state index is 9.26. The van der Waals surface area contributed by atoms with Crippen molar-refractivity contribution in [3.63, 3.8) is 0 Å². The summed E-state index contributed by atoms with van der Waals surface area (Å²) < 4.78 is 5.07. The van der Waals surface area contributed by atoms with Crippen LogP contribution in [0.3, 0.4) is 0 Å². The molecule has 0 aliphatic rings. The lowest BCUT2D eigenvalue weighted by atomic mass is 10.2. The molecular weight excluding hydrogens is 270 g/mol. The second kappa shape index (κ2) is 6.29. The molecule has 3 nitrogen and oxygen atoms in total. The third kappa shape index (κ3) is 3.29. The monoisotopic (exact) mass is 283 g/mol. The number of ether oxygens (including phenoxy) is 1. The van der Waals surface area contributed by atoms with Crippen LogP contribution in [0.25, 0.3) is 0 Å². The Hall–Kier alpha value is -0.940. The van der Waals surface area contributed by atoms with Crippen molar-refractivity contribution in [3.05, 3.63) is 50.4 Å². The largest absolute Gasteiger partial charge is 0.391 e. The molecule has 1 N–H and O–H groups in total. The number of aromatic nitrogens is 1. The molecule has 0 bridgehead atoms. The van der Waals surface area contributed by atoms with Crippen molar-refractivity contribution < 1.29 is 9.84 Å². The van der Waals surface area contributed by atoms with Gasteiger partial charge in [0.05, 0.1) is 28.8 Å². The second-order valence-corrected chi connectivity index (χ2v) is 5.48. The van der Waals surface area contributed by atoms with Gasteiger partial charge in [-0.2, -0.15) is 0 Å². The number of hydrogen-bond acceptors (Lipinski definition) is 4. The molecule has 0 aliphatic heterocycles. The van der Waals surface area contributed by atoms with Gasteiger partial charge in [-0.15, -0.1) is 11.3 Å². The van der Waals surface area contributed by atoms with Crippen LogP contribution in [0.1, 0.15) is 21.1 Å². The predicted molar refractivity (Wildman–Crippen MR) is 73.0 cm³/mol. The average molecular weight is 284 g/mol. The molecule has 0 saturated heterocycles. The number of methoxy groups -OCH3 is 1. The highest BCUT2D eigenvalue weighted by atomic mass is 35.5. The Bertz CT molecular complexity index is 510. The van der Waals surface area contributed by atoms with Crippen LogP contribution in [-0.2, 0) is 24.4 Å². The number of aliphatic hydroxyl groups is 1. The second-order valence-electron chi connectivity index (χ2n) is 3.87. The van der Waals surface area contributed by atoms with E-state index in [0.29, 0.717) is 6.61 Å². The molecule has 2 aromatic rings. The third-order valence-corrected chi connectivity index (χ3v) is 3.85. The molecule has 18 heavy (non-hydrogen) atoms. The van der Waals surface area contributed by atoms with Crippen molar-refractivity contribution in [1.82, 2.24) is 4.98 Å². The number of benzene rings is 1. The van der Waals surface area contributed by atoms with E-state index in [1.807, 2.05) is 24.3 Å². The molecule has 1 aromatic heterocycles. The van der Waals surface area contributed by atoms with Gasteiger partial charge in [0.25, 0.3) is 0 Å². The van der Waals surface area contributed by atoms with Crippen molar-refractivity contribution in [2.45, 2.75) is 19.6 Å². The summed E-state index contributed by atoms with van der Waals surface area (Å²) in [5, 5.41) is 11.0. The van der Waals surface area contributed by atoms with Gasteiger partial charge in [-0.1, -0.05) is 23.7 Å². The van der Waals surface area contributed by atoms with E-state index in [1.165, 1.54) is 11.3 Å². The van der Waals surface area contributed by atoms with Crippen molar-refractivity contribution in [3.8, 4) is 0 Å². The van der Waals surface area contributed by atoms with Crippen molar-refractivity contribution in [2.75, 3.05) is 7.11 Å². The van der Waals surface area contributed by atoms with Gasteiger partial charge in [0.15, 0.2) is 0 Å². The minimum Gasteiger partial charge on any atom is -0.391 e. The topological polar surface area (TPSA) is 42.4 Å². The van der Waals surface area contributed by atoms with Crippen LogP contribution < -0.4 is 0 Å². The Morgan fingerprint density at radius 3 is 2.67 bits per heavy atom. The zero-order valence-electron chi connectivity index (χ0n) is 10.0. The predicted octanol–water partition coefficient (Wildman–Crippen LogP) is 3.03. The number of halogens is 1. The first-order valence-corrected chi connectivity index (χ1v) is 6.74. The molecule has 2 rings (SSSR count). The van der Waals surface area contributed by atoms with E-state index in [9.17, 15) is 5.11 Å². The van der Waals surface area contributed by atoms with E-state index in [4.69, 9.17) is 16.3 Å². The van der Waals surface area contributed by atoms with E-state index < -0.39 is 0 Å². The van der Waals surface area contributed by atoms with Gasteiger partial charge in [0.1, 0.15) is 0 Å². The summed E-state index contributed by atoms with van der Waals surface area (Å²) in [6.07, 6.45) is 0.749. The molecule has 0 amide bonds. The molecule has 0 saturated carbocycles. The minimum atomic E-state index is 0.0109. The van der Waals surface area contributed by atoms with Crippen molar-refractivity contribution in [2.24, 2.45) is 0 Å². The van der Waals surface area contributed by atoms with Gasteiger partial charge in [-0.05, 0) is 17.7 Å². The molecule has 0 aliphatic carbocycles. The molecule has 5 heteroatoms. The summed E-state index contributed by atoms with van der Waals surface area (Å²) in [7, 11) is 1.62. The third-order valence-electron chi connectivity index (χ3n) is 2.52. The maximum Gasteiger partial charge on any atom is 0.0976 e. The highest BCUT2D eigenvalue weighted by molar-refractivity contribution is 7.11. The van der Waals surface area contributed by atoms with E-state index >= 15 is 0 Å². The molecule has 1 heterocycles. The highest BCUT2D eigenvalue weighted by Gasteiger charge is 2.10. The molecule has 0 fully saturated rings. The van der Waals surface area contributed by atoms with Gasteiger partial charge in [-0.3, -0.25) is 0 Å². The van der Waals surface area contributed by atoms with E-state index in [1.54, 1.807) is 7.11 Å². The van der Waals surface area contributed by atoms with E-state index in [2.05, 4.69) is 4.98 Å². The Morgan fingerprint density at radius 1 is 1.33 bits per heavy atom. The molecule has 96 valence electrons. The lowest BCUT2D eigenvalue weighted by molar-refractivity contribution is 0.178. The van der Waals surface area contributed by atoms with Gasteiger partial charge in [0, 0.05) is 18.6 Å². The average Bonchev–Trinajstić information content (AvgIpc) is 2.75. The smallest absolute Gasteiger partial charge is 0.0976 e. The fourth-order valence-electron chi connectivity index (χ4n) is 1.66. The van der Waals surface area contributed by atoms with Gasteiger partial charge >= 0.3 is 0 Å². The molecule has 0 atom stereocenters. The Kier molecular flexibility index (Phi) is 4.72. The fraction of sp³-hybridized carbons (Fsp3) is 0.308. The van der Waals surface area contributed by atoms with Crippen LogP contribution >= 0.6 is 22.9 Å². The molecule has 0 spiro atoms. The highest BCUT2D eigenvalue weighted by Crippen LogP contribution is 2.22. The van der Waals surface area contributed by atoms with Crippen LogP contribution in [0.5, 0.6) is 0 Å². The maximum absolute atomic E-state index is 9.26. The lowest BCUT2D eigenvalue weighted by Crippen LogP contribution is -1.93. The Balaban J connectivity index is 2.16. The first kappa shape index (κ1) is 13.5. The van der Waals surface area contributed by atoms with Crippen LogP contribution in [0.2, 0.25) is 5.02 Å². The number of nitrogens with zero attached hydrogens (tertiary/aromatic N) is 1.